The smallest absolute Gasteiger partial charge is 0.303 e. The molecule has 0 aromatic carbocycles. The highest BCUT2D eigenvalue weighted by atomic mass is 16.5. The van der Waals surface area contributed by atoms with Crippen molar-refractivity contribution in [2.45, 2.75) is 76.6 Å². The third kappa shape index (κ3) is 8.62. The summed E-state index contributed by atoms with van der Waals surface area (Å²) in [5.74, 6) is -0.787. The zero-order chi connectivity index (χ0) is 17.8. The number of carboxylic acid groups (broad SMARTS) is 1. The van der Waals surface area contributed by atoms with E-state index in [9.17, 15) is 15.0 Å². The van der Waals surface area contributed by atoms with Crippen molar-refractivity contribution in [2.75, 3.05) is 6.61 Å². The summed E-state index contributed by atoms with van der Waals surface area (Å²) in [5, 5.41) is 28.6. The predicted octanol–water partition coefficient (Wildman–Crippen LogP) is 3.06. The standard InChI is InChI=1S/C19H32O5/c1-2-3-6-9-15(20)12-13-18-16(17(21)14-24-18)10-7-4-5-8-11-19(22)23/h4,7,12-13,15-18,20-21H,2-3,5-6,8-11,14H2,1H3,(H,22,23)/b7-4-,13-12+/t15-,16-,17-,18+/m0/s1. The molecule has 4 atom stereocenters. The molecule has 3 N–H and O–H groups in total. The number of unbranched alkanes of at least 4 members (excludes halogenated alkanes) is 3. The minimum atomic E-state index is -0.772. The Morgan fingerprint density at radius 1 is 1.29 bits per heavy atom. The van der Waals surface area contributed by atoms with E-state index >= 15 is 0 Å². The molecule has 0 amide bonds. The Labute approximate surface area is 145 Å². The first-order valence-corrected chi connectivity index (χ1v) is 9.07. The fourth-order valence-electron chi connectivity index (χ4n) is 2.85. The molecule has 5 heteroatoms. The summed E-state index contributed by atoms with van der Waals surface area (Å²) in [5.41, 5.74) is 0. The van der Waals surface area contributed by atoms with Crippen LogP contribution in [0.5, 0.6) is 0 Å². The number of ether oxygens (including phenoxy) is 1. The van der Waals surface area contributed by atoms with Gasteiger partial charge in [-0.3, -0.25) is 4.79 Å². The summed E-state index contributed by atoms with van der Waals surface area (Å²) in [4.78, 5) is 10.4. The van der Waals surface area contributed by atoms with Gasteiger partial charge in [0.15, 0.2) is 0 Å². The van der Waals surface area contributed by atoms with E-state index in [4.69, 9.17) is 9.84 Å². The molecular weight excluding hydrogens is 308 g/mol. The molecule has 1 saturated heterocycles. The van der Waals surface area contributed by atoms with Gasteiger partial charge in [-0.25, -0.2) is 0 Å². The van der Waals surface area contributed by atoms with E-state index < -0.39 is 18.2 Å². The van der Waals surface area contributed by atoms with Crippen LogP contribution in [0.1, 0.15) is 58.3 Å². The number of aliphatic hydroxyl groups excluding tert-OH is 2. The fraction of sp³-hybridized carbons (Fsp3) is 0.737. The molecule has 5 nitrogen and oxygen atoms in total. The van der Waals surface area contributed by atoms with Gasteiger partial charge in [0.2, 0.25) is 0 Å². The molecule has 1 heterocycles. The topological polar surface area (TPSA) is 87.0 Å². The van der Waals surface area contributed by atoms with Crippen LogP contribution in [0.15, 0.2) is 24.3 Å². The average Bonchev–Trinajstić information content (AvgIpc) is 2.89. The molecule has 0 aromatic heterocycles. The van der Waals surface area contributed by atoms with E-state index in [2.05, 4.69) is 6.92 Å². The molecule has 1 fully saturated rings. The molecule has 0 spiro atoms. The highest BCUT2D eigenvalue weighted by Gasteiger charge is 2.33. The summed E-state index contributed by atoms with van der Waals surface area (Å²) in [6.07, 6.45) is 12.7. The first-order chi connectivity index (χ1) is 11.5. The number of hydrogen-bond donors (Lipinski definition) is 3. The number of aliphatic hydroxyl groups is 2. The van der Waals surface area contributed by atoms with E-state index in [1.165, 1.54) is 0 Å². The van der Waals surface area contributed by atoms with Gasteiger partial charge in [-0.2, -0.15) is 0 Å². The largest absolute Gasteiger partial charge is 0.481 e. The Balaban J connectivity index is 2.35. The Morgan fingerprint density at radius 2 is 2.08 bits per heavy atom. The van der Waals surface area contributed by atoms with Crippen molar-refractivity contribution < 1.29 is 24.9 Å². The zero-order valence-electron chi connectivity index (χ0n) is 14.6. The minimum Gasteiger partial charge on any atom is -0.481 e. The molecule has 1 rings (SSSR count). The normalized spacial score (nSPS) is 25.7. The van der Waals surface area contributed by atoms with Crippen LogP contribution in [-0.4, -0.2) is 46.2 Å². The number of aliphatic carboxylic acids is 1. The van der Waals surface area contributed by atoms with Crippen molar-refractivity contribution >= 4 is 5.97 Å². The molecule has 1 aliphatic rings. The van der Waals surface area contributed by atoms with Crippen LogP contribution in [-0.2, 0) is 9.53 Å². The second-order valence-corrected chi connectivity index (χ2v) is 6.47. The van der Waals surface area contributed by atoms with Gasteiger partial charge in [-0.1, -0.05) is 50.5 Å². The molecule has 0 radical (unpaired) electrons. The number of allylic oxidation sites excluding steroid dienone is 2. The van der Waals surface area contributed by atoms with E-state index in [0.29, 0.717) is 19.4 Å². The number of hydrogen-bond acceptors (Lipinski definition) is 4. The second-order valence-electron chi connectivity index (χ2n) is 6.47. The van der Waals surface area contributed by atoms with Crippen molar-refractivity contribution in [3.05, 3.63) is 24.3 Å². The minimum absolute atomic E-state index is 0.0141. The maximum atomic E-state index is 10.4. The van der Waals surface area contributed by atoms with Crippen molar-refractivity contribution in [3.63, 3.8) is 0 Å². The van der Waals surface area contributed by atoms with Crippen LogP contribution in [0.4, 0.5) is 0 Å². The third-order valence-electron chi connectivity index (χ3n) is 4.34. The van der Waals surface area contributed by atoms with E-state index in [1.807, 2.05) is 18.2 Å². The summed E-state index contributed by atoms with van der Waals surface area (Å²) < 4.78 is 5.60. The lowest BCUT2D eigenvalue weighted by molar-refractivity contribution is -0.137. The SMILES string of the molecule is CCCCC[C@H](O)/C=C/[C@H]1OC[C@H](O)[C@@H]1C/C=C\CCCC(=O)O. The van der Waals surface area contributed by atoms with Gasteiger partial charge in [0.1, 0.15) is 0 Å². The van der Waals surface area contributed by atoms with Crippen LogP contribution >= 0.6 is 0 Å². The van der Waals surface area contributed by atoms with Crippen LogP contribution in [0.3, 0.4) is 0 Å². The number of carbonyl (C=O) groups is 1. The van der Waals surface area contributed by atoms with Gasteiger partial charge in [0.05, 0.1) is 24.9 Å². The molecule has 0 bridgehead atoms. The van der Waals surface area contributed by atoms with Crippen LogP contribution in [0.2, 0.25) is 0 Å². The Kier molecular flexibility index (Phi) is 10.6. The second kappa shape index (κ2) is 12.2. The summed E-state index contributed by atoms with van der Waals surface area (Å²) in [6.45, 7) is 2.45. The van der Waals surface area contributed by atoms with Gasteiger partial charge in [0, 0.05) is 12.3 Å². The lowest BCUT2D eigenvalue weighted by atomic mass is 9.94. The van der Waals surface area contributed by atoms with Gasteiger partial charge >= 0.3 is 5.97 Å². The van der Waals surface area contributed by atoms with E-state index in [1.54, 1.807) is 6.08 Å². The molecule has 0 saturated carbocycles. The van der Waals surface area contributed by atoms with Gasteiger partial charge < -0.3 is 20.1 Å². The van der Waals surface area contributed by atoms with Crippen LogP contribution in [0, 0.1) is 5.92 Å². The van der Waals surface area contributed by atoms with Crippen molar-refractivity contribution in [1.82, 2.24) is 0 Å². The van der Waals surface area contributed by atoms with E-state index in [0.717, 1.165) is 32.1 Å². The monoisotopic (exact) mass is 340 g/mol. The molecule has 1 aliphatic heterocycles. The molecule has 0 unspecified atom stereocenters. The fourth-order valence-corrected chi connectivity index (χ4v) is 2.85. The summed E-state index contributed by atoms with van der Waals surface area (Å²) in [7, 11) is 0. The van der Waals surface area contributed by atoms with Gasteiger partial charge in [0.25, 0.3) is 0 Å². The lowest BCUT2D eigenvalue weighted by Gasteiger charge is -2.16. The molecule has 0 aliphatic carbocycles. The van der Waals surface area contributed by atoms with Gasteiger partial charge in [-0.15, -0.1) is 0 Å². The maximum absolute atomic E-state index is 10.4. The Bertz CT molecular complexity index is 405. The first-order valence-electron chi connectivity index (χ1n) is 9.07. The number of carboxylic acids is 1. The lowest BCUT2D eigenvalue weighted by Crippen LogP contribution is -2.22. The van der Waals surface area contributed by atoms with E-state index in [-0.39, 0.29) is 18.4 Å². The van der Waals surface area contributed by atoms with Crippen LogP contribution < -0.4 is 0 Å². The maximum Gasteiger partial charge on any atom is 0.303 e. The van der Waals surface area contributed by atoms with Crippen molar-refractivity contribution in [1.29, 1.82) is 0 Å². The molecule has 24 heavy (non-hydrogen) atoms. The quantitative estimate of drug-likeness (QED) is 0.375. The van der Waals surface area contributed by atoms with Crippen molar-refractivity contribution in [3.8, 4) is 0 Å². The first kappa shape index (κ1) is 20.9. The summed E-state index contributed by atoms with van der Waals surface area (Å²) >= 11 is 0. The number of rotatable bonds is 12. The van der Waals surface area contributed by atoms with Gasteiger partial charge in [-0.05, 0) is 25.7 Å². The highest BCUT2D eigenvalue weighted by molar-refractivity contribution is 5.66. The summed E-state index contributed by atoms with van der Waals surface area (Å²) in [6, 6.07) is 0. The van der Waals surface area contributed by atoms with Crippen LogP contribution in [0.25, 0.3) is 0 Å². The Morgan fingerprint density at radius 3 is 2.79 bits per heavy atom. The zero-order valence-corrected chi connectivity index (χ0v) is 14.6. The molecule has 0 aromatic rings. The highest BCUT2D eigenvalue weighted by Crippen LogP contribution is 2.26. The molecular formula is C19H32O5. The Hall–Kier alpha value is -1.17. The average molecular weight is 340 g/mol. The molecule has 138 valence electrons. The van der Waals surface area contributed by atoms with Crippen molar-refractivity contribution in [2.24, 2.45) is 5.92 Å². The third-order valence-corrected chi connectivity index (χ3v) is 4.34. The predicted molar refractivity (Wildman–Crippen MR) is 93.8 cm³/mol.